The molecular weight excluding hydrogens is 577 g/mol. The van der Waals surface area contributed by atoms with Crippen molar-refractivity contribution in [1.82, 2.24) is 40.3 Å². The van der Waals surface area contributed by atoms with Gasteiger partial charge < -0.3 is 14.2 Å². The molecule has 5 heterocycles. The second kappa shape index (κ2) is 10.9. The predicted molar refractivity (Wildman–Crippen MR) is 159 cm³/mol. The van der Waals surface area contributed by atoms with Gasteiger partial charge in [-0.2, -0.15) is 10.3 Å². The number of hydrogen-bond donors (Lipinski definition) is 1. The summed E-state index contributed by atoms with van der Waals surface area (Å²) in [4.78, 5) is 22.8. The van der Waals surface area contributed by atoms with E-state index in [1.165, 1.54) is 0 Å². The zero-order valence-electron chi connectivity index (χ0n) is 22.1. The molecule has 13 heteroatoms. The largest absolute Gasteiger partial charge is 0.463 e. The lowest BCUT2D eigenvalue weighted by Crippen LogP contribution is -2.49. The number of fused-ring (bicyclic) bond motifs is 1. The van der Waals surface area contributed by atoms with E-state index >= 15 is 0 Å². The zero-order chi connectivity index (χ0) is 28.6. The number of amides is 1. The molecule has 0 radical (unpaired) electrons. The maximum absolute atomic E-state index is 14.0. The molecule has 6 aromatic rings. The molecule has 0 spiro atoms. The lowest BCUT2D eigenvalue weighted by atomic mass is 10.1. The fourth-order valence-corrected chi connectivity index (χ4v) is 5.59. The number of carbonyl (C=O) groups is 1. The monoisotopic (exact) mass is 599 g/mol. The first-order valence-corrected chi connectivity index (χ1v) is 14.0. The number of pyridine rings is 1. The number of halogens is 2. The number of aromatic nitrogens is 7. The van der Waals surface area contributed by atoms with Gasteiger partial charge in [0.25, 0.3) is 5.91 Å². The predicted octanol–water partition coefficient (Wildman–Crippen LogP) is 5.19. The number of aromatic amines is 1. The van der Waals surface area contributed by atoms with E-state index in [1.54, 1.807) is 29.3 Å². The van der Waals surface area contributed by atoms with Gasteiger partial charge in [0.1, 0.15) is 5.69 Å². The number of carbonyl (C=O) groups excluding carboxylic acids is 1. The van der Waals surface area contributed by atoms with Gasteiger partial charge in [-0.1, -0.05) is 35.3 Å². The van der Waals surface area contributed by atoms with Gasteiger partial charge in [0.2, 0.25) is 5.82 Å². The molecule has 1 N–H and O–H groups in total. The number of rotatable bonds is 6. The van der Waals surface area contributed by atoms with Crippen molar-refractivity contribution in [3.05, 3.63) is 94.3 Å². The molecule has 0 atom stereocenters. The number of benzene rings is 2. The van der Waals surface area contributed by atoms with Crippen LogP contribution in [0.4, 0.5) is 5.69 Å². The highest BCUT2D eigenvalue weighted by Gasteiger charge is 2.27. The highest BCUT2D eigenvalue weighted by Crippen LogP contribution is 2.32. The van der Waals surface area contributed by atoms with Crippen molar-refractivity contribution in [3.63, 3.8) is 0 Å². The molecule has 1 saturated heterocycles. The maximum atomic E-state index is 14.0. The first kappa shape index (κ1) is 26.2. The first-order chi connectivity index (χ1) is 20.5. The average Bonchev–Trinajstić information content (AvgIpc) is 3.81. The summed E-state index contributed by atoms with van der Waals surface area (Å²) in [5.41, 5.74) is 4.39. The van der Waals surface area contributed by atoms with Crippen LogP contribution in [0.3, 0.4) is 0 Å². The summed E-state index contributed by atoms with van der Waals surface area (Å²) in [7, 11) is 0. The molecule has 4 aromatic heterocycles. The molecule has 1 aliphatic rings. The van der Waals surface area contributed by atoms with Crippen molar-refractivity contribution in [1.29, 1.82) is 0 Å². The molecule has 0 aliphatic carbocycles. The third-order valence-corrected chi connectivity index (χ3v) is 7.87. The molecule has 0 saturated carbocycles. The van der Waals surface area contributed by atoms with Crippen LogP contribution >= 0.6 is 23.2 Å². The Kier molecular flexibility index (Phi) is 6.80. The standard InChI is InChI=1S/C29H23Cl2N9O2/c30-20-6-3-18(4-7-20)17-40-28-22(16-32-40)21(15-24(33-28)26-2-1-13-42-26)29(41)39-11-9-38(10-12-39)25-8-5-19(14-23(25)31)27-34-36-37-35-27/h1-8,13-16H,9-12,17H2,(H,34,35,36,37). The molecule has 1 fully saturated rings. The van der Waals surface area contributed by atoms with Gasteiger partial charge in [-0.05, 0) is 59.3 Å². The average molecular weight is 600 g/mol. The van der Waals surface area contributed by atoms with Crippen LogP contribution in [0.25, 0.3) is 33.9 Å². The van der Waals surface area contributed by atoms with Crippen molar-refractivity contribution in [3.8, 4) is 22.8 Å². The number of nitrogens with zero attached hydrogens (tertiary/aromatic N) is 8. The van der Waals surface area contributed by atoms with Crippen LogP contribution in [0.2, 0.25) is 10.0 Å². The second-order valence-electron chi connectivity index (χ2n) is 9.88. The number of furan rings is 1. The summed E-state index contributed by atoms with van der Waals surface area (Å²) < 4.78 is 7.43. The van der Waals surface area contributed by atoms with Crippen molar-refractivity contribution in [2.24, 2.45) is 0 Å². The summed E-state index contributed by atoms with van der Waals surface area (Å²) in [5.74, 6) is 0.973. The normalized spacial score (nSPS) is 13.7. The minimum atomic E-state index is -0.0838. The molecule has 42 heavy (non-hydrogen) atoms. The fourth-order valence-electron chi connectivity index (χ4n) is 5.16. The number of piperazine rings is 1. The van der Waals surface area contributed by atoms with Gasteiger partial charge in [0.15, 0.2) is 11.4 Å². The van der Waals surface area contributed by atoms with Crippen LogP contribution in [-0.4, -0.2) is 72.4 Å². The van der Waals surface area contributed by atoms with E-state index in [1.807, 2.05) is 53.4 Å². The lowest BCUT2D eigenvalue weighted by molar-refractivity contribution is 0.0748. The Morgan fingerprint density at radius 3 is 2.55 bits per heavy atom. The van der Waals surface area contributed by atoms with Crippen LogP contribution < -0.4 is 4.90 Å². The minimum Gasteiger partial charge on any atom is -0.463 e. The number of H-pyrrole nitrogens is 1. The van der Waals surface area contributed by atoms with Crippen LogP contribution in [0.5, 0.6) is 0 Å². The van der Waals surface area contributed by atoms with E-state index in [0.29, 0.717) is 76.6 Å². The van der Waals surface area contributed by atoms with E-state index < -0.39 is 0 Å². The molecule has 1 aliphatic heterocycles. The van der Waals surface area contributed by atoms with Crippen molar-refractivity contribution >= 4 is 45.8 Å². The number of hydrogen-bond acceptors (Lipinski definition) is 8. The molecule has 7 rings (SSSR count). The Labute approximate surface area is 249 Å². The smallest absolute Gasteiger partial charge is 0.254 e. The molecule has 210 valence electrons. The third-order valence-electron chi connectivity index (χ3n) is 7.32. The van der Waals surface area contributed by atoms with Crippen LogP contribution in [0.1, 0.15) is 15.9 Å². The molecule has 0 bridgehead atoms. The van der Waals surface area contributed by atoms with E-state index in [0.717, 1.165) is 16.8 Å². The Morgan fingerprint density at radius 1 is 1.00 bits per heavy atom. The summed E-state index contributed by atoms with van der Waals surface area (Å²) >= 11 is 12.7. The summed E-state index contributed by atoms with van der Waals surface area (Å²) in [6.45, 7) is 2.79. The Morgan fingerprint density at radius 2 is 1.83 bits per heavy atom. The van der Waals surface area contributed by atoms with Crippen LogP contribution in [0.15, 0.2) is 77.5 Å². The topological polar surface area (TPSA) is 122 Å². The summed E-state index contributed by atoms with van der Waals surface area (Å²) in [6.07, 6.45) is 3.30. The molecule has 11 nitrogen and oxygen atoms in total. The van der Waals surface area contributed by atoms with E-state index in [-0.39, 0.29) is 5.91 Å². The van der Waals surface area contributed by atoms with Crippen molar-refractivity contribution < 1.29 is 9.21 Å². The minimum absolute atomic E-state index is 0.0838. The second-order valence-corrected chi connectivity index (χ2v) is 10.7. The molecule has 0 unspecified atom stereocenters. The van der Waals surface area contributed by atoms with Gasteiger partial charge >= 0.3 is 0 Å². The molecule has 2 aromatic carbocycles. The Balaban J connectivity index is 1.15. The Bertz CT molecular complexity index is 1860. The van der Waals surface area contributed by atoms with Crippen molar-refractivity contribution in [2.75, 3.05) is 31.1 Å². The lowest BCUT2D eigenvalue weighted by Gasteiger charge is -2.36. The zero-order valence-corrected chi connectivity index (χ0v) is 23.6. The van der Waals surface area contributed by atoms with Gasteiger partial charge in [-0.25, -0.2) is 9.67 Å². The van der Waals surface area contributed by atoms with Crippen LogP contribution in [-0.2, 0) is 6.54 Å². The van der Waals surface area contributed by atoms with Crippen molar-refractivity contribution in [2.45, 2.75) is 6.54 Å². The third kappa shape index (κ3) is 4.97. The van der Waals surface area contributed by atoms with Gasteiger partial charge in [0.05, 0.1) is 40.7 Å². The maximum Gasteiger partial charge on any atom is 0.254 e. The number of anilines is 1. The number of nitrogens with one attached hydrogen (secondary N) is 1. The molecule has 1 amide bonds. The van der Waals surface area contributed by atoms with Gasteiger partial charge in [0, 0.05) is 36.8 Å². The number of tetrazole rings is 1. The Hall–Kier alpha value is -4.74. The first-order valence-electron chi connectivity index (χ1n) is 13.3. The fraction of sp³-hybridized carbons (Fsp3) is 0.172. The summed E-state index contributed by atoms with van der Waals surface area (Å²) in [6, 6.07) is 18.7. The van der Waals surface area contributed by atoms with E-state index in [2.05, 4.69) is 30.6 Å². The highest BCUT2D eigenvalue weighted by molar-refractivity contribution is 6.33. The van der Waals surface area contributed by atoms with Crippen LogP contribution in [0, 0.1) is 0 Å². The van der Waals surface area contributed by atoms with Gasteiger partial charge in [-0.15, -0.1) is 10.2 Å². The SMILES string of the molecule is O=C(c1cc(-c2ccco2)nc2c1cnn2Cc1ccc(Cl)cc1)N1CCN(c2ccc(-c3nn[nH]n3)cc2Cl)CC1. The quantitative estimate of drug-likeness (QED) is 0.277. The highest BCUT2D eigenvalue weighted by atomic mass is 35.5. The van der Waals surface area contributed by atoms with E-state index in [9.17, 15) is 4.79 Å². The molecular formula is C29H23Cl2N9O2. The summed E-state index contributed by atoms with van der Waals surface area (Å²) in [5, 5.41) is 20.6. The van der Waals surface area contributed by atoms with Gasteiger partial charge in [-0.3, -0.25) is 4.79 Å². The van der Waals surface area contributed by atoms with E-state index in [4.69, 9.17) is 32.6 Å².